The highest BCUT2D eigenvalue weighted by atomic mass is 32.2. The molecule has 0 fully saturated rings. The first-order valence-electron chi connectivity index (χ1n) is 12.8. The van der Waals surface area contributed by atoms with Crippen molar-refractivity contribution in [2.24, 2.45) is 4.99 Å². The summed E-state index contributed by atoms with van der Waals surface area (Å²) in [4.78, 5) is 8.00. The van der Waals surface area contributed by atoms with Crippen LogP contribution in [0, 0.1) is 0 Å². The number of hydrogen-bond donors (Lipinski definition) is 4. The summed E-state index contributed by atoms with van der Waals surface area (Å²) in [6.07, 6.45) is 0.918. The van der Waals surface area contributed by atoms with Crippen LogP contribution in [-0.4, -0.2) is 37.3 Å². The Morgan fingerprint density at radius 2 is 1.59 bits per heavy atom. The SMILES string of the molecule is CCNCCc1ccc(N=C(c2ccccc2)c2c(O)[nH]c3ccc(S(=O)(=O)Nc4ccccc4)cc23)cc1. The van der Waals surface area contributed by atoms with Crippen LogP contribution in [0.5, 0.6) is 5.88 Å². The van der Waals surface area contributed by atoms with Gasteiger partial charge in [-0.2, -0.15) is 0 Å². The molecule has 0 spiro atoms. The summed E-state index contributed by atoms with van der Waals surface area (Å²) in [5.74, 6) is -0.0829. The maximum Gasteiger partial charge on any atom is 0.261 e. The van der Waals surface area contributed by atoms with E-state index in [0.29, 0.717) is 27.9 Å². The maximum atomic E-state index is 13.2. The van der Waals surface area contributed by atoms with Gasteiger partial charge in [-0.25, -0.2) is 13.4 Å². The zero-order valence-electron chi connectivity index (χ0n) is 21.6. The molecule has 0 aliphatic rings. The summed E-state index contributed by atoms with van der Waals surface area (Å²) >= 11 is 0. The lowest BCUT2D eigenvalue weighted by atomic mass is 10.0. The summed E-state index contributed by atoms with van der Waals surface area (Å²) in [5.41, 5.74) is 4.75. The molecule has 7 nitrogen and oxygen atoms in total. The Bertz CT molecular complexity index is 1700. The van der Waals surface area contributed by atoms with Gasteiger partial charge in [0.05, 0.1) is 21.9 Å². The van der Waals surface area contributed by atoms with Crippen molar-refractivity contribution in [3.8, 4) is 5.88 Å². The van der Waals surface area contributed by atoms with E-state index < -0.39 is 10.0 Å². The normalized spacial score (nSPS) is 12.1. The van der Waals surface area contributed by atoms with E-state index in [-0.39, 0.29) is 10.8 Å². The molecule has 1 heterocycles. The van der Waals surface area contributed by atoms with Gasteiger partial charge in [-0.05, 0) is 67.5 Å². The molecule has 39 heavy (non-hydrogen) atoms. The van der Waals surface area contributed by atoms with Gasteiger partial charge in [-0.15, -0.1) is 0 Å². The van der Waals surface area contributed by atoms with E-state index in [1.165, 1.54) is 11.6 Å². The smallest absolute Gasteiger partial charge is 0.261 e. The molecule has 0 aliphatic carbocycles. The maximum absolute atomic E-state index is 13.2. The molecule has 8 heteroatoms. The molecule has 0 radical (unpaired) electrons. The summed E-state index contributed by atoms with van der Waals surface area (Å²) in [6, 6.07) is 31.0. The van der Waals surface area contributed by atoms with Crippen molar-refractivity contribution in [2.45, 2.75) is 18.2 Å². The lowest BCUT2D eigenvalue weighted by Crippen LogP contribution is -2.15. The van der Waals surface area contributed by atoms with E-state index in [0.717, 1.165) is 30.8 Å². The number of aromatic hydroxyl groups is 1. The van der Waals surface area contributed by atoms with Crippen LogP contribution in [0.1, 0.15) is 23.6 Å². The zero-order chi connectivity index (χ0) is 27.2. The van der Waals surface area contributed by atoms with Gasteiger partial charge in [-0.3, -0.25) is 4.72 Å². The second-order valence-electron chi connectivity index (χ2n) is 9.12. The van der Waals surface area contributed by atoms with E-state index >= 15 is 0 Å². The van der Waals surface area contributed by atoms with Gasteiger partial charge in [0.25, 0.3) is 10.0 Å². The van der Waals surface area contributed by atoms with Gasteiger partial charge < -0.3 is 15.4 Å². The molecular formula is C31H30N4O3S. The minimum Gasteiger partial charge on any atom is -0.494 e. The lowest BCUT2D eigenvalue weighted by Gasteiger charge is -2.10. The average Bonchev–Trinajstić information content (AvgIpc) is 3.28. The Kier molecular flexibility index (Phi) is 7.76. The highest BCUT2D eigenvalue weighted by Gasteiger charge is 2.22. The second-order valence-corrected chi connectivity index (χ2v) is 10.8. The van der Waals surface area contributed by atoms with E-state index in [4.69, 9.17) is 4.99 Å². The predicted octanol–water partition coefficient (Wildman–Crippen LogP) is 6.00. The number of hydrogen-bond acceptors (Lipinski definition) is 5. The molecule has 0 unspecified atom stereocenters. The number of aromatic nitrogens is 1. The number of nitrogens with zero attached hydrogens (tertiary/aromatic N) is 1. The second kappa shape index (κ2) is 11.6. The highest BCUT2D eigenvalue weighted by molar-refractivity contribution is 7.92. The first-order valence-corrected chi connectivity index (χ1v) is 14.3. The molecule has 0 amide bonds. The van der Waals surface area contributed by atoms with Crippen molar-refractivity contribution in [2.75, 3.05) is 17.8 Å². The number of benzene rings is 4. The van der Waals surface area contributed by atoms with Crippen molar-refractivity contribution in [3.05, 3.63) is 120 Å². The van der Waals surface area contributed by atoms with Gasteiger partial charge in [0.2, 0.25) is 0 Å². The Labute approximate surface area is 228 Å². The van der Waals surface area contributed by atoms with Crippen LogP contribution >= 0.6 is 0 Å². The number of fused-ring (bicyclic) bond motifs is 1. The monoisotopic (exact) mass is 538 g/mol. The fraction of sp³-hybridized carbons (Fsp3) is 0.129. The molecule has 4 aromatic carbocycles. The minimum absolute atomic E-state index is 0.0801. The number of sulfonamides is 1. The largest absolute Gasteiger partial charge is 0.494 e. The predicted molar refractivity (Wildman–Crippen MR) is 158 cm³/mol. The number of likely N-dealkylation sites (N-methyl/N-ethyl adjacent to an activating group) is 1. The summed E-state index contributed by atoms with van der Waals surface area (Å²) in [7, 11) is -3.87. The van der Waals surface area contributed by atoms with Crippen LogP contribution in [-0.2, 0) is 16.4 Å². The molecular weight excluding hydrogens is 508 g/mol. The first-order chi connectivity index (χ1) is 18.9. The number of aliphatic imine (C=N–C) groups is 1. The van der Waals surface area contributed by atoms with Crippen molar-refractivity contribution < 1.29 is 13.5 Å². The van der Waals surface area contributed by atoms with Crippen LogP contribution < -0.4 is 10.0 Å². The van der Waals surface area contributed by atoms with Gasteiger partial charge in [0.15, 0.2) is 5.88 Å². The van der Waals surface area contributed by atoms with E-state index in [1.807, 2.05) is 60.7 Å². The fourth-order valence-corrected chi connectivity index (χ4v) is 5.50. The number of nitrogens with one attached hydrogen (secondary N) is 3. The van der Waals surface area contributed by atoms with Crippen molar-refractivity contribution in [1.82, 2.24) is 10.3 Å². The molecule has 5 aromatic rings. The van der Waals surface area contributed by atoms with Crippen LogP contribution in [0.25, 0.3) is 10.9 Å². The Morgan fingerprint density at radius 1 is 0.897 bits per heavy atom. The molecule has 4 N–H and O–H groups in total. The molecule has 0 aliphatic heterocycles. The summed E-state index contributed by atoms with van der Waals surface area (Å²) in [5, 5.41) is 14.9. The van der Waals surface area contributed by atoms with Crippen LogP contribution in [0.15, 0.2) is 113 Å². The third-order valence-corrected chi connectivity index (χ3v) is 7.77. The highest BCUT2D eigenvalue weighted by Crippen LogP contribution is 2.33. The van der Waals surface area contributed by atoms with Crippen LogP contribution in [0.4, 0.5) is 11.4 Å². The molecule has 198 valence electrons. The quantitative estimate of drug-likeness (QED) is 0.129. The van der Waals surface area contributed by atoms with Crippen LogP contribution in [0.2, 0.25) is 0 Å². The molecule has 0 saturated carbocycles. The fourth-order valence-electron chi connectivity index (χ4n) is 4.42. The van der Waals surface area contributed by atoms with E-state index in [1.54, 1.807) is 36.4 Å². The lowest BCUT2D eigenvalue weighted by molar-refractivity contribution is 0.457. The molecule has 0 saturated heterocycles. The average molecular weight is 539 g/mol. The van der Waals surface area contributed by atoms with Crippen LogP contribution in [0.3, 0.4) is 0 Å². The summed E-state index contributed by atoms with van der Waals surface area (Å²) < 4.78 is 29.0. The number of H-pyrrole nitrogens is 1. The van der Waals surface area contributed by atoms with Gasteiger partial charge in [0.1, 0.15) is 0 Å². The van der Waals surface area contributed by atoms with Gasteiger partial charge in [-0.1, -0.05) is 67.6 Å². The standard InChI is InChI=1S/C31H30N4O3S/c1-2-32-20-19-22-13-15-24(16-14-22)33-30(23-9-5-3-6-10-23)29-27-21-26(17-18-28(27)34-31(29)36)39(37,38)35-25-11-7-4-8-12-25/h3-18,21,32,34-36H,2,19-20H2,1H3. The van der Waals surface area contributed by atoms with Crippen molar-refractivity contribution in [1.29, 1.82) is 0 Å². The Hall–Kier alpha value is -4.40. The van der Waals surface area contributed by atoms with Gasteiger partial charge >= 0.3 is 0 Å². The van der Waals surface area contributed by atoms with E-state index in [2.05, 4.69) is 21.9 Å². The molecule has 5 rings (SSSR count). The Morgan fingerprint density at radius 3 is 2.28 bits per heavy atom. The molecule has 0 bridgehead atoms. The Balaban J connectivity index is 1.58. The molecule has 0 atom stereocenters. The third-order valence-electron chi connectivity index (χ3n) is 6.39. The van der Waals surface area contributed by atoms with Gasteiger partial charge in [0, 0.05) is 22.2 Å². The topological polar surface area (TPSA) is 107 Å². The van der Waals surface area contributed by atoms with Crippen molar-refractivity contribution >= 4 is 38.0 Å². The number of rotatable bonds is 10. The summed E-state index contributed by atoms with van der Waals surface area (Å²) in [6.45, 7) is 3.92. The van der Waals surface area contributed by atoms with Crippen molar-refractivity contribution in [3.63, 3.8) is 0 Å². The number of aromatic amines is 1. The number of anilines is 1. The van der Waals surface area contributed by atoms with E-state index in [9.17, 15) is 13.5 Å². The zero-order valence-corrected chi connectivity index (χ0v) is 22.4. The minimum atomic E-state index is -3.87. The molecule has 1 aromatic heterocycles. The number of para-hydroxylation sites is 1. The third kappa shape index (κ3) is 6.03. The first kappa shape index (κ1) is 26.2.